The van der Waals surface area contributed by atoms with E-state index in [0.717, 1.165) is 5.56 Å². The summed E-state index contributed by atoms with van der Waals surface area (Å²) in [6, 6.07) is 7.05. The molecule has 2 unspecified atom stereocenters. The van der Waals surface area contributed by atoms with Crippen LogP contribution in [0.15, 0.2) is 24.3 Å². The fourth-order valence-corrected chi connectivity index (χ4v) is 1.64. The summed E-state index contributed by atoms with van der Waals surface area (Å²) in [4.78, 5) is 0. The van der Waals surface area contributed by atoms with Crippen molar-refractivity contribution in [3.63, 3.8) is 0 Å². The lowest BCUT2D eigenvalue weighted by Gasteiger charge is -2.13. The third kappa shape index (κ3) is 1.53. The first-order chi connectivity index (χ1) is 6.29. The Balaban J connectivity index is 2.29. The van der Waals surface area contributed by atoms with Crippen molar-refractivity contribution >= 4 is 0 Å². The summed E-state index contributed by atoms with van der Waals surface area (Å²) < 4.78 is 5.12. The molecule has 1 aliphatic heterocycles. The third-order valence-electron chi connectivity index (χ3n) is 2.39. The van der Waals surface area contributed by atoms with Crippen molar-refractivity contribution in [2.24, 2.45) is 0 Å². The molecular weight excluding hydrogens is 168 g/mol. The molecule has 2 N–H and O–H groups in total. The molecule has 3 heteroatoms. The molecule has 1 fully saturated rings. The van der Waals surface area contributed by atoms with Crippen LogP contribution in [0.1, 0.15) is 11.5 Å². The van der Waals surface area contributed by atoms with Crippen molar-refractivity contribution in [1.82, 2.24) is 0 Å². The van der Waals surface area contributed by atoms with Crippen molar-refractivity contribution in [1.29, 1.82) is 0 Å². The molecule has 2 atom stereocenters. The van der Waals surface area contributed by atoms with Crippen LogP contribution >= 0.6 is 0 Å². The average molecular weight is 180 g/mol. The second-order valence-corrected chi connectivity index (χ2v) is 3.27. The topological polar surface area (TPSA) is 49.7 Å². The standard InChI is InChI=1S/C10H12O3/c11-9-4-2-1-3-7(9)8-5-13-6-10(8)12/h1-4,8,10-12H,5-6H2. The van der Waals surface area contributed by atoms with E-state index < -0.39 is 6.10 Å². The van der Waals surface area contributed by atoms with Gasteiger partial charge in [0.25, 0.3) is 0 Å². The summed E-state index contributed by atoms with van der Waals surface area (Å²) in [6.07, 6.45) is -0.492. The summed E-state index contributed by atoms with van der Waals surface area (Å²) in [5, 5.41) is 19.1. The monoisotopic (exact) mass is 180 g/mol. The Morgan fingerprint density at radius 1 is 1.23 bits per heavy atom. The number of ether oxygens (including phenoxy) is 1. The zero-order chi connectivity index (χ0) is 9.26. The van der Waals surface area contributed by atoms with Crippen LogP contribution in [0.25, 0.3) is 0 Å². The molecule has 0 bridgehead atoms. The first kappa shape index (κ1) is 8.53. The van der Waals surface area contributed by atoms with Gasteiger partial charge in [-0.1, -0.05) is 18.2 Å². The Hall–Kier alpha value is -1.06. The molecule has 3 nitrogen and oxygen atoms in total. The Labute approximate surface area is 76.6 Å². The molecule has 0 radical (unpaired) electrons. The van der Waals surface area contributed by atoms with Gasteiger partial charge in [-0.3, -0.25) is 0 Å². The van der Waals surface area contributed by atoms with Gasteiger partial charge in [0.05, 0.1) is 19.3 Å². The summed E-state index contributed by atoms with van der Waals surface area (Å²) in [7, 11) is 0. The van der Waals surface area contributed by atoms with E-state index in [-0.39, 0.29) is 11.7 Å². The van der Waals surface area contributed by atoms with Gasteiger partial charge in [-0.15, -0.1) is 0 Å². The van der Waals surface area contributed by atoms with Crippen molar-refractivity contribution in [2.45, 2.75) is 12.0 Å². The van der Waals surface area contributed by atoms with Gasteiger partial charge in [0.15, 0.2) is 0 Å². The van der Waals surface area contributed by atoms with Gasteiger partial charge >= 0.3 is 0 Å². The van der Waals surface area contributed by atoms with Gasteiger partial charge in [-0.05, 0) is 6.07 Å². The quantitative estimate of drug-likeness (QED) is 0.674. The van der Waals surface area contributed by atoms with Crippen molar-refractivity contribution in [2.75, 3.05) is 13.2 Å². The van der Waals surface area contributed by atoms with Gasteiger partial charge in [-0.25, -0.2) is 0 Å². The van der Waals surface area contributed by atoms with Gasteiger partial charge < -0.3 is 14.9 Å². The molecule has 1 aromatic carbocycles. The minimum Gasteiger partial charge on any atom is -0.508 e. The van der Waals surface area contributed by atoms with E-state index in [1.165, 1.54) is 0 Å². The molecule has 2 rings (SSSR count). The first-order valence-electron chi connectivity index (χ1n) is 4.33. The highest BCUT2D eigenvalue weighted by atomic mass is 16.5. The van der Waals surface area contributed by atoms with Gasteiger partial charge in [0.1, 0.15) is 5.75 Å². The second-order valence-electron chi connectivity index (χ2n) is 3.27. The highest BCUT2D eigenvalue weighted by molar-refractivity contribution is 5.36. The largest absolute Gasteiger partial charge is 0.508 e. The molecular formula is C10H12O3. The van der Waals surface area contributed by atoms with Gasteiger partial charge in [-0.2, -0.15) is 0 Å². The molecule has 1 aromatic rings. The average Bonchev–Trinajstić information content (AvgIpc) is 2.52. The Kier molecular flexibility index (Phi) is 2.20. The van der Waals surface area contributed by atoms with Gasteiger partial charge in [0.2, 0.25) is 0 Å². The minimum absolute atomic E-state index is 0.0822. The maximum absolute atomic E-state index is 9.53. The summed E-state index contributed by atoms with van der Waals surface area (Å²) in [5.41, 5.74) is 0.771. The summed E-state index contributed by atoms with van der Waals surface area (Å²) >= 11 is 0. The van der Waals surface area contributed by atoms with Crippen molar-refractivity contribution < 1.29 is 14.9 Å². The van der Waals surface area contributed by atoms with Crippen LogP contribution in [0.4, 0.5) is 0 Å². The van der Waals surface area contributed by atoms with E-state index in [9.17, 15) is 10.2 Å². The number of phenolic OH excluding ortho intramolecular Hbond substituents is 1. The highest BCUT2D eigenvalue weighted by Crippen LogP contribution is 2.31. The zero-order valence-corrected chi connectivity index (χ0v) is 7.18. The smallest absolute Gasteiger partial charge is 0.119 e. The van der Waals surface area contributed by atoms with Crippen LogP contribution in [-0.2, 0) is 4.74 Å². The molecule has 0 amide bonds. The predicted octanol–water partition coefficient (Wildman–Crippen LogP) is 0.867. The lowest BCUT2D eigenvalue weighted by Crippen LogP contribution is -2.15. The van der Waals surface area contributed by atoms with E-state index in [2.05, 4.69) is 0 Å². The van der Waals surface area contributed by atoms with E-state index in [0.29, 0.717) is 13.2 Å². The van der Waals surface area contributed by atoms with Crippen LogP contribution in [0.3, 0.4) is 0 Å². The molecule has 0 spiro atoms. The molecule has 13 heavy (non-hydrogen) atoms. The van der Waals surface area contributed by atoms with Crippen molar-refractivity contribution in [3.05, 3.63) is 29.8 Å². The van der Waals surface area contributed by atoms with E-state index in [1.807, 2.05) is 12.1 Å². The number of hydrogen-bond donors (Lipinski definition) is 2. The second kappa shape index (κ2) is 3.36. The van der Waals surface area contributed by atoms with E-state index in [1.54, 1.807) is 12.1 Å². The number of rotatable bonds is 1. The summed E-state index contributed by atoms with van der Waals surface area (Å²) in [5.74, 6) is 0.151. The predicted molar refractivity (Wildman–Crippen MR) is 47.7 cm³/mol. The third-order valence-corrected chi connectivity index (χ3v) is 2.39. The fraction of sp³-hybridized carbons (Fsp3) is 0.400. The number of aliphatic hydroxyl groups is 1. The normalized spacial score (nSPS) is 27.8. The SMILES string of the molecule is Oc1ccccc1C1COCC1O. The van der Waals surface area contributed by atoms with Crippen LogP contribution in [0.5, 0.6) is 5.75 Å². The Morgan fingerprint density at radius 2 is 2.00 bits per heavy atom. The van der Waals surface area contributed by atoms with E-state index >= 15 is 0 Å². The van der Waals surface area contributed by atoms with Crippen LogP contribution in [-0.4, -0.2) is 29.5 Å². The molecule has 0 saturated carbocycles. The minimum atomic E-state index is -0.492. The highest BCUT2D eigenvalue weighted by Gasteiger charge is 2.29. The maximum Gasteiger partial charge on any atom is 0.119 e. The first-order valence-corrected chi connectivity index (χ1v) is 4.33. The summed E-state index contributed by atoms with van der Waals surface area (Å²) in [6.45, 7) is 0.845. The lowest BCUT2D eigenvalue weighted by molar-refractivity contribution is 0.124. The number of benzene rings is 1. The van der Waals surface area contributed by atoms with Crippen molar-refractivity contribution in [3.8, 4) is 5.75 Å². The van der Waals surface area contributed by atoms with Crippen LogP contribution in [0, 0.1) is 0 Å². The number of phenols is 1. The number of para-hydroxylation sites is 1. The van der Waals surface area contributed by atoms with Gasteiger partial charge in [0, 0.05) is 11.5 Å². The van der Waals surface area contributed by atoms with Crippen LogP contribution in [0.2, 0.25) is 0 Å². The Morgan fingerprint density at radius 3 is 2.62 bits per heavy atom. The number of hydrogen-bond acceptors (Lipinski definition) is 3. The molecule has 1 aliphatic rings. The zero-order valence-electron chi connectivity index (χ0n) is 7.18. The molecule has 70 valence electrons. The molecule has 1 saturated heterocycles. The number of aromatic hydroxyl groups is 1. The lowest BCUT2D eigenvalue weighted by atomic mass is 9.95. The number of aliphatic hydroxyl groups excluding tert-OH is 1. The molecule has 1 heterocycles. The van der Waals surface area contributed by atoms with Crippen LogP contribution < -0.4 is 0 Å². The maximum atomic E-state index is 9.53. The Bertz CT molecular complexity index is 298. The molecule has 0 aliphatic carbocycles. The molecule has 0 aromatic heterocycles. The van der Waals surface area contributed by atoms with E-state index in [4.69, 9.17) is 4.74 Å². The fourth-order valence-electron chi connectivity index (χ4n) is 1.64.